The van der Waals surface area contributed by atoms with Crippen LogP contribution in [0.25, 0.3) is 6.08 Å². The Bertz CT molecular complexity index is 1310. The first kappa shape index (κ1) is 26.3. The Morgan fingerprint density at radius 2 is 1.73 bits per heavy atom. The van der Waals surface area contributed by atoms with Crippen molar-refractivity contribution in [2.75, 3.05) is 31.2 Å². The minimum atomic E-state index is -0.377. The number of para-hydroxylation sites is 2. The van der Waals surface area contributed by atoms with Crippen LogP contribution in [0.2, 0.25) is 0 Å². The first-order valence-corrected chi connectivity index (χ1v) is 13.0. The minimum absolute atomic E-state index is 0.125. The predicted molar refractivity (Wildman–Crippen MR) is 147 cm³/mol. The molecule has 0 aromatic heterocycles. The Kier molecular flexibility index (Phi) is 8.85. The Labute approximate surface area is 225 Å². The van der Waals surface area contributed by atoms with Crippen LogP contribution in [-0.4, -0.2) is 38.1 Å². The highest BCUT2D eigenvalue weighted by molar-refractivity contribution is 9.10. The van der Waals surface area contributed by atoms with Gasteiger partial charge in [0.25, 0.3) is 5.91 Å². The number of benzene rings is 3. The lowest BCUT2D eigenvalue weighted by Crippen LogP contribution is -2.44. The third kappa shape index (κ3) is 6.51. The highest BCUT2D eigenvalue weighted by atomic mass is 79.9. The quantitative estimate of drug-likeness (QED) is 0.335. The molecule has 4 rings (SSSR count). The SMILES string of the molecule is CCOc1ccc(CCNC(=O)CN2C(=O)/C(=C\c3ccccc3Br)Oc3ccccc32)cc1OCC. The second-order valence-corrected chi connectivity index (χ2v) is 9.09. The van der Waals surface area contributed by atoms with Gasteiger partial charge in [0.15, 0.2) is 23.0 Å². The number of hydrogen-bond donors (Lipinski definition) is 1. The molecule has 3 aromatic carbocycles. The number of hydrogen-bond acceptors (Lipinski definition) is 5. The van der Waals surface area contributed by atoms with Crippen molar-refractivity contribution in [3.63, 3.8) is 0 Å². The smallest absolute Gasteiger partial charge is 0.294 e. The van der Waals surface area contributed by atoms with E-state index in [0.29, 0.717) is 49.1 Å². The number of halogens is 1. The van der Waals surface area contributed by atoms with Crippen molar-refractivity contribution in [3.05, 3.63) is 88.1 Å². The van der Waals surface area contributed by atoms with Crippen molar-refractivity contribution < 1.29 is 23.8 Å². The van der Waals surface area contributed by atoms with Gasteiger partial charge in [0.1, 0.15) is 6.54 Å². The molecule has 192 valence electrons. The molecule has 0 fully saturated rings. The van der Waals surface area contributed by atoms with E-state index in [4.69, 9.17) is 14.2 Å². The molecule has 3 aromatic rings. The molecule has 37 heavy (non-hydrogen) atoms. The number of anilines is 1. The highest BCUT2D eigenvalue weighted by Crippen LogP contribution is 2.36. The molecule has 0 atom stereocenters. The summed E-state index contributed by atoms with van der Waals surface area (Å²) in [6, 6.07) is 20.5. The van der Waals surface area contributed by atoms with E-state index in [2.05, 4.69) is 21.2 Å². The third-order valence-corrected chi connectivity index (χ3v) is 6.39. The number of carbonyl (C=O) groups is 2. The van der Waals surface area contributed by atoms with Crippen LogP contribution >= 0.6 is 15.9 Å². The van der Waals surface area contributed by atoms with Crippen molar-refractivity contribution in [2.45, 2.75) is 20.3 Å². The van der Waals surface area contributed by atoms with Gasteiger partial charge in [0.2, 0.25) is 5.91 Å². The summed E-state index contributed by atoms with van der Waals surface area (Å²) >= 11 is 3.50. The normalized spacial score (nSPS) is 13.6. The molecule has 0 aliphatic carbocycles. The summed E-state index contributed by atoms with van der Waals surface area (Å²) in [6.07, 6.45) is 2.29. The molecule has 0 spiro atoms. The summed E-state index contributed by atoms with van der Waals surface area (Å²) in [5.74, 6) is 1.42. The van der Waals surface area contributed by atoms with Gasteiger partial charge in [0, 0.05) is 11.0 Å². The second kappa shape index (κ2) is 12.5. The third-order valence-electron chi connectivity index (χ3n) is 5.67. The number of carbonyl (C=O) groups excluding carboxylic acids is 2. The molecule has 1 aliphatic rings. The van der Waals surface area contributed by atoms with Crippen LogP contribution in [0.4, 0.5) is 5.69 Å². The molecule has 0 bridgehead atoms. The van der Waals surface area contributed by atoms with Crippen molar-refractivity contribution >= 4 is 39.5 Å². The molecule has 0 unspecified atom stereocenters. The van der Waals surface area contributed by atoms with Crippen molar-refractivity contribution in [1.29, 1.82) is 0 Å². The lowest BCUT2D eigenvalue weighted by molar-refractivity contribution is -0.123. The van der Waals surface area contributed by atoms with Crippen LogP contribution in [0.15, 0.2) is 77.0 Å². The molecule has 1 aliphatic heterocycles. The van der Waals surface area contributed by atoms with Crippen LogP contribution in [0.5, 0.6) is 17.2 Å². The number of amides is 2. The maximum absolute atomic E-state index is 13.3. The summed E-state index contributed by atoms with van der Waals surface area (Å²) in [5, 5.41) is 2.92. The van der Waals surface area contributed by atoms with Crippen molar-refractivity contribution in [2.24, 2.45) is 0 Å². The molecule has 7 nitrogen and oxygen atoms in total. The topological polar surface area (TPSA) is 77.1 Å². The highest BCUT2D eigenvalue weighted by Gasteiger charge is 2.31. The van der Waals surface area contributed by atoms with E-state index in [1.165, 1.54) is 4.90 Å². The van der Waals surface area contributed by atoms with Crippen molar-refractivity contribution in [1.82, 2.24) is 5.32 Å². The van der Waals surface area contributed by atoms with E-state index in [-0.39, 0.29) is 24.1 Å². The van der Waals surface area contributed by atoms with E-state index in [1.54, 1.807) is 18.2 Å². The summed E-state index contributed by atoms with van der Waals surface area (Å²) in [5.41, 5.74) is 2.37. The summed E-state index contributed by atoms with van der Waals surface area (Å²) in [7, 11) is 0. The summed E-state index contributed by atoms with van der Waals surface area (Å²) < 4.78 is 18.0. The first-order chi connectivity index (χ1) is 18.0. The van der Waals surface area contributed by atoms with E-state index < -0.39 is 0 Å². The Hall–Kier alpha value is -3.78. The maximum atomic E-state index is 13.3. The first-order valence-electron chi connectivity index (χ1n) is 12.2. The fourth-order valence-electron chi connectivity index (χ4n) is 3.95. The average Bonchev–Trinajstić information content (AvgIpc) is 2.89. The lowest BCUT2D eigenvalue weighted by atomic mass is 10.1. The maximum Gasteiger partial charge on any atom is 0.294 e. The molecular weight excluding hydrogens is 536 g/mol. The van der Waals surface area contributed by atoms with E-state index >= 15 is 0 Å². The number of ether oxygens (including phenoxy) is 3. The van der Waals surface area contributed by atoms with Crippen molar-refractivity contribution in [3.8, 4) is 17.2 Å². The number of rotatable bonds is 10. The zero-order valence-electron chi connectivity index (χ0n) is 20.8. The average molecular weight is 565 g/mol. The fraction of sp³-hybridized carbons (Fsp3) is 0.241. The standard InChI is InChI=1S/C29H29BrN2O5/c1-3-35-25-14-13-20(17-26(25)36-4-2)15-16-31-28(33)19-32-23-11-7-8-12-24(23)37-27(29(32)34)18-21-9-5-6-10-22(21)30/h5-14,17-18H,3-4,15-16,19H2,1-2H3,(H,31,33)/b27-18+. The van der Waals surface area contributed by atoms with Gasteiger partial charge in [-0.3, -0.25) is 14.5 Å². The minimum Gasteiger partial charge on any atom is -0.490 e. The molecule has 2 amide bonds. The molecule has 1 N–H and O–H groups in total. The second-order valence-electron chi connectivity index (χ2n) is 8.24. The Morgan fingerprint density at radius 1 is 1.00 bits per heavy atom. The van der Waals surface area contributed by atoms with Gasteiger partial charge < -0.3 is 19.5 Å². The summed E-state index contributed by atoms with van der Waals surface area (Å²) in [4.78, 5) is 27.6. The number of nitrogens with zero attached hydrogens (tertiary/aromatic N) is 1. The monoisotopic (exact) mass is 564 g/mol. The predicted octanol–water partition coefficient (Wildman–Crippen LogP) is 5.37. The zero-order chi connectivity index (χ0) is 26.2. The molecule has 1 heterocycles. The Balaban J connectivity index is 1.44. The molecule has 8 heteroatoms. The molecule has 0 radical (unpaired) electrons. The van der Waals surface area contributed by atoms with Gasteiger partial charge in [-0.05, 0) is 67.8 Å². The van der Waals surface area contributed by atoms with Gasteiger partial charge in [-0.15, -0.1) is 0 Å². The molecule has 0 saturated heterocycles. The molecular formula is C29H29BrN2O5. The Morgan fingerprint density at radius 3 is 2.51 bits per heavy atom. The van der Waals surface area contributed by atoms with Gasteiger partial charge in [-0.25, -0.2) is 0 Å². The zero-order valence-corrected chi connectivity index (χ0v) is 22.4. The van der Waals surface area contributed by atoms with Gasteiger partial charge in [-0.2, -0.15) is 0 Å². The van der Waals surface area contributed by atoms with Crippen LogP contribution in [0.3, 0.4) is 0 Å². The van der Waals surface area contributed by atoms with Gasteiger partial charge in [0.05, 0.1) is 18.9 Å². The van der Waals surface area contributed by atoms with Crippen LogP contribution in [-0.2, 0) is 16.0 Å². The largest absolute Gasteiger partial charge is 0.490 e. The summed E-state index contributed by atoms with van der Waals surface area (Å²) in [6.45, 7) is 5.23. The van der Waals surface area contributed by atoms with Crippen LogP contribution < -0.4 is 24.4 Å². The van der Waals surface area contributed by atoms with E-state index in [1.807, 2.05) is 68.4 Å². The van der Waals surface area contributed by atoms with E-state index in [9.17, 15) is 9.59 Å². The fourth-order valence-corrected chi connectivity index (χ4v) is 4.35. The van der Waals surface area contributed by atoms with Gasteiger partial charge >= 0.3 is 0 Å². The lowest BCUT2D eigenvalue weighted by Gasteiger charge is -2.30. The molecule has 0 saturated carbocycles. The number of fused-ring (bicyclic) bond motifs is 1. The number of nitrogens with one attached hydrogen (secondary N) is 1. The van der Waals surface area contributed by atoms with Crippen LogP contribution in [0, 0.1) is 0 Å². The van der Waals surface area contributed by atoms with Crippen LogP contribution in [0.1, 0.15) is 25.0 Å². The van der Waals surface area contributed by atoms with Gasteiger partial charge in [-0.1, -0.05) is 52.3 Å². The van der Waals surface area contributed by atoms with E-state index in [0.717, 1.165) is 15.6 Å².